The molecule has 0 radical (unpaired) electrons. The van der Waals surface area contributed by atoms with Crippen molar-refractivity contribution in [2.45, 2.75) is 17.4 Å². The molecule has 0 spiro atoms. The number of benzene rings is 3. The Kier molecular flexibility index (Phi) is 6.60. The first-order valence-electron chi connectivity index (χ1n) is 12.2. The molecule has 1 fully saturated rings. The summed E-state index contributed by atoms with van der Waals surface area (Å²) in [6.07, 6.45) is 0.789. The van der Waals surface area contributed by atoms with E-state index in [4.69, 9.17) is 14.8 Å². The van der Waals surface area contributed by atoms with Crippen molar-refractivity contribution >= 4 is 32.2 Å². The molecule has 6 rings (SSSR count). The van der Waals surface area contributed by atoms with E-state index in [9.17, 15) is 8.42 Å². The third-order valence-electron chi connectivity index (χ3n) is 6.65. The van der Waals surface area contributed by atoms with Crippen molar-refractivity contribution in [1.82, 2.24) is 9.29 Å². The van der Waals surface area contributed by atoms with Crippen LogP contribution in [-0.4, -0.2) is 49.7 Å². The first-order chi connectivity index (χ1) is 18.1. The van der Waals surface area contributed by atoms with Crippen molar-refractivity contribution < 1.29 is 13.2 Å². The predicted molar refractivity (Wildman–Crippen MR) is 146 cm³/mol. The fourth-order valence-corrected chi connectivity index (χ4v) is 6.90. The molecule has 2 aliphatic rings. The molecule has 37 heavy (non-hydrogen) atoms. The molecule has 3 heterocycles. The van der Waals surface area contributed by atoms with Crippen LogP contribution in [0.1, 0.15) is 23.6 Å². The van der Waals surface area contributed by atoms with Gasteiger partial charge in [0.15, 0.2) is 0 Å². The van der Waals surface area contributed by atoms with Crippen molar-refractivity contribution in [3.63, 3.8) is 0 Å². The second kappa shape index (κ2) is 10.2. The van der Waals surface area contributed by atoms with Crippen LogP contribution in [-0.2, 0) is 14.8 Å². The number of sulfonamides is 1. The molecule has 4 aromatic rings. The Morgan fingerprint density at radius 2 is 1.51 bits per heavy atom. The number of hydrogen-bond acceptors (Lipinski definition) is 7. The van der Waals surface area contributed by atoms with Gasteiger partial charge in [0.25, 0.3) is 0 Å². The Labute approximate surface area is 220 Å². The van der Waals surface area contributed by atoms with E-state index in [1.54, 1.807) is 12.1 Å². The Balaban J connectivity index is 1.28. The largest absolute Gasteiger partial charge is 0.379 e. The van der Waals surface area contributed by atoms with Crippen LogP contribution in [0.25, 0.3) is 11.3 Å². The number of ether oxygens (including phenoxy) is 1. The molecule has 0 amide bonds. The monoisotopic (exact) mass is 530 g/mol. The predicted octanol–water partition coefficient (Wildman–Crippen LogP) is 5.19. The van der Waals surface area contributed by atoms with Gasteiger partial charge >= 0.3 is 0 Å². The third-order valence-corrected chi connectivity index (χ3v) is 9.39. The summed E-state index contributed by atoms with van der Waals surface area (Å²) < 4.78 is 32.7. The minimum atomic E-state index is -3.53. The maximum atomic E-state index is 13.0. The van der Waals surface area contributed by atoms with Gasteiger partial charge in [0.1, 0.15) is 0 Å². The highest BCUT2D eigenvalue weighted by atomic mass is 32.2. The molecule has 0 bridgehead atoms. The van der Waals surface area contributed by atoms with Gasteiger partial charge in [-0.25, -0.2) is 18.4 Å². The molecule has 1 aromatic heterocycles. The molecule has 0 saturated carbocycles. The first kappa shape index (κ1) is 24.0. The highest BCUT2D eigenvalue weighted by Gasteiger charge is 2.32. The summed E-state index contributed by atoms with van der Waals surface area (Å²) >= 11 is 1.54. The minimum absolute atomic E-state index is 0.0523. The molecule has 1 saturated heterocycles. The van der Waals surface area contributed by atoms with Gasteiger partial charge in [-0.2, -0.15) is 9.41 Å². The topological polar surface area (TPSA) is 75.1 Å². The molecular formula is C28H26N4O3S2. The van der Waals surface area contributed by atoms with E-state index in [-0.39, 0.29) is 10.9 Å². The van der Waals surface area contributed by atoms with Gasteiger partial charge < -0.3 is 4.74 Å². The number of rotatable bonds is 6. The fourth-order valence-electron chi connectivity index (χ4n) is 4.66. The molecule has 3 aromatic carbocycles. The maximum absolute atomic E-state index is 13.0. The van der Waals surface area contributed by atoms with Crippen LogP contribution in [0.4, 0.5) is 5.13 Å². The van der Waals surface area contributed by atoms with Gasteiger partial charge in [0.2, 0.25) is 15.2 Å². The smallest absolute Gasteiger partial charge is 0.243 e. The fraction of sp³-hybridized carbons (Fsp3) is 0.214. The lowest BCUT2D eigenvalue weighted by Crippen LogP contribution is -2.40. The van der Waals surface area contributed by atoms with Crippen LogP contribution in [0.3, 0.4) is 0 Å². The van der Waals surface area contributed by atoms with Crippen LogP contribution < -0.4 is 5.01 Å². The standard InChI is InChI=1S/C28H26N4O3S2/c33-37(34,31-15-17-35-18-16-31)24-13-11-22(12-14-24)26-20-36-28(29-26)32-27(23-9-5-2-6-10-23)19-25(30-32)21-7-3-1-4-8-21/h1-14,20,27H,15-19H2/t27-/m1/s1. The lowest BCUT2D eigenvalue weighted by molar-refractivity contribution is 0.0730. The number of thiazole rings is 1. The molecule has 0 N–H and O–H groups in total. The summed E-state index contributed by atoms with van der Waals surface area (Å²) in [6.45, 7) is 1.61. The number of anilines is 1. The normalized spacial score (nSPS) is 18.6. The highest BCUT2D eigenvalue weighted by Crippen LogP contribution is 2.39. The van der Waals surface area contributed by atoms with Crippen LogP contribution in [0, 0.1) is 0 Å². The van der Waals surface area contributed by atoms with Crippen molar-refractivity contribution in [2.24, 2.45) is 5.10 Å². The molecule has 2 aliphatic heterocycles. The zero-order chi connectivity index (χ0) is 25.2. The lowest BCUT2D eigenvalue weighted by Gasteiger charge is -2.26. The van der Waals surface area contributed by atoms with Gasteiger partial charge in [-0.3, -0.25) is 0 Å². The average Bonchev–Trinajstić information content (AvgIpc) is 3.63. The highest BCUT2D eigenvalue weighted by molar-refractivity contribution is 7.89. The van der Waals surface area contributed by atoms with Gasteiger partial charge in [-0.05, 0) is 23.3 Å². The van der Waals surface area contributed by atoms with E-state index >= 15 is 0 Å². The zero-order valence-electron chi connectivity index (χ0n) is 20.1. The van der Waals surface area contributed by atoms with Crippen molar-refractivity contribution in [2.75, 3.05) is 31.3 Å². The Hall–Kier alpha value is -3.37. The van der Waals surface area contributed by atoms with Crippen molar-refractivity contribution in [1.29, 1.82) is 0 Å². The molecule has 0 unspecified atom stereocenters. The zero-order valence-corrected chi connectivity index (χ0v) is 21.7. The summed E-state index contributed by atoms with van der Waals surface area (Å²) in [7, 11) is -3.53. The third kappa shape index (κ3) is 4.83. The van der Waals surface area contributed by atoms with Crippen molar-refractivity contribution in [3.8, 4) is 11.3 Å². The SMILES string of the molecule is O=S(=O)(c1ccc(-c2csc(N3N=C(c4ccccc4)C[C@@H]3c3ccccc3)n2)cc1)N1CCOCC1. The quantitative estimate of drug-likeness (QED) is 0.343. The molecule has 9 heteroatoms. The average molecular weight is 531 g/mol. The van der Waals surface area contributed by atoms with Crippen LogP contribution in [0.2, 0.25) is 0 Å². The number of morpholine rings is 1. The van der Waals surface area contributed by atoms with Gasteiger partial charge in [-0.15, -0.1) is 11.3 Å². The summed E-state index contributed by atoms with van der Waals surface area (Å²) in [5, 5.41) is 9.82. The van der Waals surface area contributed by atoms with Gasteiger partial charge in [0, 0.05) is 30.5 Å². The van der Waals surface area contributed by atoms with E-state index in [0.717, 1.165) is 34.1 Å². The Morgan fingerprint density at radius 1 is 0.838 bits per heavy atom. The van der Waals surface area contributed by atoms with E-state index < -0.39 is 10.0 Å². The molecule has 0 aliphatic carbocycles. The summed E-state index contributed by atoms with van der Waals surface area (Å²) in [6, 6.07) is 27.6. The first-order valence-corrected chi connectivity index (χ1v) is 14.5. The van der Waals surface area contributed by atoms with Crippen molar-refractivity contribution in [3.05, 3.63) is 101 Å². The summed E-state index contributed by atoms with van der Waals surface area (Å²) in [5.74, 6) is 0. The van der Waals surface area contributed by atoms with Crippen LogP contribution in [0.15, 0.2) is 100 Å². The van der Waals surface area contributed by atoms with Gasteiger partial charge in [-0.1, -0.05) is 72.8 Å². The summed E-state index contributed by atoms with van der Waals surface area (Å²) in [5.41, 5.74) is 4.99. The van der Waals surface area contributed by atoms with Gasteiger partial charge in [0.05, 0.1) is 35.6 Å². The summed E-state index contributed by atoms with van der Waals surface area (Å²) in [4.78, 5) is 5.20. The lowest BCUT2D eigenvalue weighted by atomic mass is 9.99. The number of nitrogens with zero attached hydrogens (tertiary/aromatic N) is 4. The molecular weight excluding hydrogens is 504 g/mol. The minimum Gasteiger partial charge on any atom is -0.379 e. The number of aromatic nitrogens is 1. The van der Waals surface area contributed by atoms with E-state index in [0.29, 0.717) is 26.3 Å². The van der Waals surface area contributed by atoms with Crippen LogP contribution in [0.5, 0.6) is 0 Å². The Morgan fingerprint density at radius 3 is 2.22 bits per heavy atom. The molecule has 1 atom stereocenters. The molecule has 188 valence electrons. The Bertz CT molecular complexity index is 1500. The number of hydrogen-bond donors (Lipinski definition) is 0. The van der Waals surface area contributed by atoms with E-state index in [1.807, 2.05) is 58.9 Å². The second-order valence-electron chi connectivity index (χ2n) is 8.94. The second-order valence-corrected chi connectivity index (χ2v) is 11.7. The molecule has 7 nitrogen and oxygen atoms in total. The van der Waals surface area contributed by atoms with E-state index in [1.165, 1.54) is 21.2 Å². The van der Waals surface area contributed by atoms with E-state index in [2.05, 4.69) is 24.3 Å². The maximum Gasteiger partial charge on any atom is 0.243 e. The van der Waals surface area contributed by atoms with Crippen LogP contribution >= 0.6 is 11.3 Å². The number of hydrazone groups is 1.